The number of carbonyl (C=O) groups is 2. The van der Waals surface area contributed by atoms with Crippen LogP contribution in [0.5, 0.6) is 0 Å². The first-order valence-corrected chi connectivity index (χ1v) is 11.6. The second-order valence-electron chi connectivity index (χ2n) is 7.81. The summed E-state index contributed by atoms with van der Waals surface area (Å²) in [6, 6.07) is 0.245. The number of rotatable bonds is 6. The predicted molar refractivity (Wildman–Crippen MR) is 102 cm³/mol. The minimum atomic E-state index is -3.18. The van der Waals surface area contributed by atoms with Gasteiger partial charge in [0.2, 0.25) is 21.8 Å². The summed E-state index contributed by atoms with van der Waals surface area (Å²) in [5, 5.41) is 3.05. The molecule has 1 N–H and O–H groups in total. The van der Waals surface area contributed by atoms with Crippen molar-refractivity contribution in [3.8, 4) is 0 Å². The molecule has 154 valence electrons. The number of nitrogens with zero attached hydrogens (tertiary/aromatic N) is 4. The van der Waals surface area contributed by atoms with E-state index in [-0.39, 0.29) is 17.9 Å². The SMILES string of the molecule is CC(C(=O)NC1CC1)N1CCN(CC(=O)N2CCN(S(C)(=O)=O)CC2)CC1. The molecular weight excluding hydrogens is 370 g/mol. The molecule has 0 aromatic rings. The smallest absolute Gasteiger partial charge is 0.237 e. The average Bonchev–Trinajstić information content (AvgIpc) is 3.45. The van der Waals surface area contributed by atoms with Crippen molar-refractivity contribution in [2.75, 3.05) is 65.2 Å². The first-order chi connectivity index (χ1) is 12.7. The zero-order valence-electron chi connectivity index (χ0n) is 16.3. The van der Waals surface area contributed by atoms with Gasteiger partial charge in [-0.2, -0.15) is 4.31 Å². The molecule has 1 unspecified atom stereocenters. The van der Waals surface area contributed by atoms with Crippen LogP contribution in [0, 0.1) is 0 Å². The first-order valence-electron chi connectivity index (χ1n) is 9.74. The van der Waals surface area contributed by atoms with Crippen LogP contribution < -0.4 is 5.32 Å². The van der Waals surface area contributed by atoms with Crippen molar-refractivity contribution in [1.82, 2.24) is 24.3 Å². The summed E-state index contributed by atoms with van der Waals surface area (Å²) in [6.07, 6.45) is 3.38. The Hall–Kier alpha value is -1.23. The fourth-order valence-electron chi connectivity index (χ4n) is 3.58. The van der Waals surface area contributed by atoms with Gasteiger partial charge in [0.25, 0.3) is 0 Å². The van der Waals surface area contributed by atoms with Gasteiger partial charge in [0, 0.05) is 58.4 Å². The molecule has 0 aromatic carbocycles. The zero-order chi connectivity index (χ0) is 19.6. The van der Waals surface area contributed by atoms with Gasteiger partial charge in [-0.1, -0.05) is 0 Å². The number of hydrogen-bond acceptors (Lipinski definition) is 6. The maximum Gasteiger partial charge on any atom is 0.237 e. The Morgan fingerprint density at radius 2 is 1.59 bits per heavy atom. The monoisotopic (exact) mass is 401 g/mol. The fraction of sp³-hybridized carbons (Fsp3) is 0.882. The minimum Gasteiger partial charge on any atom is -0.352 e. The third-order valence-electron chi connectivity index (χ3n) is 5.68. The van der Waals surface area contributed by atoms with Crippen LogP contribution in [0.15, 0.2) is 0 Å². The second kappa shape index (κ2) is 8.42. The Bertz CT molecular complexity index is 650. The van der Waals surface area contributed by atoms with E-state index >= 15 is 0 Å². The van der Waals surface area contributed by atoms with E-state index in [2.05, 4.69) is 15.1 Å². The summed E-state index contributed by atoms with van der Waals surface area (Å²) >= 11 is 0. The lowest BCUT2D eigenvalue weighted by Gasteiger charge is -2.39. The molecular formula is C17H31N5O4S. The van der Waals surface area contributed by atoms with Gasteiger partial charge in [-0.05, 0) is 19.8 Å². The van der Waals surface area contributed by atoms with E-state index in [1.807, 2.05) is 6.92 Å². The number of amides is 2. The van der Waals surface area contributed by atoms with Crippen molar-refractivity contribution in [3.63, 3.8) is 0 Å². The Balaban J connectivity index is 1.38. The van der Waals surface area contributed by atoms with E-state index in [4.69, 9.17) is 0 Å². The number of carbonyl (C=O) groups excluding carboxylic acids is 2. The molecule has 0 aromatic heterocycles. The van der Waals surface area contributed by atoms with Gasteiger partial charge in [-0.25, -0.2) is 8.42 Å². The van der Waals surface area contributed by atoms with Crippen LogP contribution in [0.3, 0.4) is 0 Å². The Morgan fingerprint density at radius 3 is 2.11 bits per heavy atom. The lowest BCUT2D eigenvalue weighted by molar-refractivity contribution is -0.135. The molecule has 1 saturated carbocycles. The lowest BCUT2D eigenvalue weighted by Crippen LogP contribution is -2.56. The average molecular weight is 402 g/mol. The summed E-state index contributed by atoms with van der Waals surface area (Å²) in [7, 11) is -3.18. The summed E-state index contributed by atoms with van der Waals surface area (Å²) < 4.78 is 24.5. The molecule has 3 aliphatic rings. The van der Waals surface area contributed by atoms with E-state index in [9.17, 15) is 18.0 Å². The predicted octanol–water partition coefficient (Wildman–Crippen LogP) is -1.63. The molecule has 1 atom stereocenters. The molecule has 10 heteroatoms. The van der Waals surface area contributed by atoms with E-state index in [1.54, 1.807) is 4.90 Å². The molecule has 0 bridgehead atoms. The molecule has 1 aliphatic carbocycles. The number of sulfonamides is 1. The highest BCUT2D eigenvalue weighted by atomic mass is 32.2. The minimum absolute atomic E-state index is 0.0520. The number of nitrogens with one attached hydrogen (secondary N) is 1. The summed E-state index contributed by atoms with van der Waals surface area (Å²) in [4.78, 5) is 30.7. The topological polar surface area (TPSA) is 93.3 Å². The molecule has 9 nitrogen and oxygen atoms in total. The standard InChI is InChI=1S/C17H31N5O4S/c1-14(17(24)18-15-3-4-15)20-7-5-19(6-8-20)13-16(23)21-9-11-22(12-10-21)27(2,25)26/h14-15H,3-13H2,1-2H3,(H,18,24). The normalized spacial score (nSPS) is 24.6. The molecule has 2 heterocycles. The highest BCUT2D eigenvalue weighted by Crippen LogP contribution is 2.19. The third kappa shape index (κ3) is 5.63. The zero-order valence-corrected chi connectivity index (χ0v) is 17.1. The van der Waals surface area contributed by atoms with Crippen molar-refractivity contribution in [2.24, 2.45) is 0 Å². The van der Waals surface area contributed by atoms with Crippen molar-refractivity contribution in [2.45, 2.75) is 31.8 Å². The summed E-state index contributed by atoms with van der Waals surface area (Å²) in [6.45, 7) is 7.00. The largest absolute Gasteiger partial charge is 0.352 e. The molecule has 2 saturated heterocycles. The van der Waals surface area contributed by atoms with E-state index in [1.165, 1.54) is 10.6 Å². The van der Waals surface area contributed by atoms with Crippen molar-refractivity contribution < 1.29 is 18.0 Å². The van der Waals surface area contributed by atoms with Crippen LogP contribution in [0.2, 0.25) is 0 Å². The van der Waals surface area contributed by atoms with E-state index < -0.39 is 10.0 Å². The quantitative estimate of drug-likeness (QED) is 0.575. The highest BCUT2D eigenvalue weighted by Gasteiger charge is 2.31. The van der Waals surface area contributed by atoms with Gasteiger partial charge >= 0.3 is 0 Å². The van der Waals surface area contributed by atoms with Crippen molar-refractivity contribution >= 4 is 21.8 Å². The maximum absolute atomic E-state index is 12.5. The van der Waals surface area contributed by atoms with Gasteiger partial charge in [-0.3, -0.25) is 19.4 Å². The van der Waals surface area contributed by atoms with Crippen LogP contribution in [-0.4, -0.2) is 116 Å². The van der Waals surface area contributed by atoms with Crippen LogP contribution in [0.25, 0.3) is 0 Å². The van der Waals surface area contributed by atoms with Gasteiger partial charge < -0.3 is 10.2 Å². The van der Waals surface area contributed by atoms with E-state index in [0.29, 0.717) is 38.8 Å². The molecule has 3 fully saturated rings. The van der Waals surface area contributed by atoms with Crippen molar-refractivity contribution in [3.05, 3.63) is 0 Å². The van der Waals surface area contributed by atoms with Gasteiger partial charge in [-0.15, -0.1) is 0 Å². The van der Waals surface area contributed by atoms with Crippen LogP contribution in [-0.2, 0) is 19.6 Å². The number of piperazine rings is 2. The summed E-state index contributed by atoms with van der Waals surface area (Å²) in [5.74, 6) is 0.155. The fourth-order valence-corrected chi connectivity index (χ4v) is 4.41. The van der Waals surface area contributed by atoms with Crippen LogP contribution in [0.1, 0.15) is 19.8 Å². The first kappa shape index (κ1) is 20.5. The lowest BCUT2D eigenvalue weighted by atomic mass is 10.2. The third-order valence-corrected chi connectivity index (χ3v) is 6.98. The van der Waals surface area contributed by atoms with Gasteiger partial charge in [0.05, 0.1) is 18.8 Å². The Kier molecular flexibility index (Phi) is 6.39. The van der Waals surface area contributed by atoms with Crippen molar-refractivity contribution in [1.29, 1.82) is 0 Å². The highest BCUT2D eigenvalue weighted by molar-refractivity contribution is 7.88. The molecule has 27 heavy (non-hydrogen) atoms. The van der Waals surface area contributed by atoms with Crippen LogP contribution in [0.4, 0.5) is 0 Å². The van der Waals surface area contributed by atoms with Gasteiger partial charge in [0.15, 0.2) is 0 Å². The molecule has 0 radical (unpaired) electrons. The molecule has 2 amide bonds. The van der Waals surface area contributed by atoms with Gasteiger partial charge in [0.1, 0.15) is 0 Å². The molecule has 0 spiro atoms. The van der Waals surface area contributed by atoms with E-state index in [0.717, 1.165) is 39.0 Å². The number of hydrogen-bond donors (Lipinski definition) is 1. The van der Waals surface area contributed by atoms with Crippen LogP contribution >= 0.6 is 0 Å². The Morgan fingerprint density at radius 1 is 1.00 bits per heavy atom. The Labute approximate surface area is 161 Å². The molecule has 3 rings (SSSR count). The molecule has 2 aliphatic heterocycles. The summed E-state index contributed by atoms with van der Waals surface area (Å²) in [5.41, 5.74) is 0. The second-order valence-corrected chi connectivity index (χ2v) is 9.80. The maximum atomic E-state index is 12.5.